The van der Waals surface area contributed by atoms with Crippen molar-refractivity contribution < 1.29 is 41.4 Å². The Morgan fingerprint density at radius 2 is 1.49 bits per heavy atom. The molecule has 0 bridgehead atoms. The van der Waals surface area contributed by atoms with Gasteiger partial charge in [-0.3, -0.25) is 9.59 Å². The van der Waals surface area contributed by atoms with Crippen LogP contribution in [0, 0.1) is 0 Å². The van der Waals surface area contributed by atoms with Crippen molar-refractivity contribution in [2.75, 3.05) is 28.3 Å². The Morgan fingerprint density at radius 3 is 2.04 bits per heavy atom. The Morgan fingerprint density at radius 1 is 0.867 bits per heavy atom. The highest BCUT2D eigenvalue weighted by Gasteiger charge is 2.37. The van der Waals surface area contributed by atoms with E-state index >= 15 is 0 Å². The quantitative estimate of drug-likeness (QED) is 0.243. The van der Waals surface area contributed by atoms with Crippen LogP contribution in [0.3, 0.4) is 0 Å². The van der Waals surface area contributed by atoms with Gasteiger partial charge in [-0.05, 0) is 41.5 Å². The zero-order valence-corrected chi connectivity index (χ0v) is 25.6. The van der Waals surface area contributed by atoms with Gasteiger partial charge in [-0.15, -0.1) is 11.3 Å². The second-order valence-corrected chi connectivity index (χ2v) is 14.3. The average Bonchev–Trinajstić information content (AvgIpc) is 3.75. The molecule has 2 saturated heterocycles. The van der Waals surface area contributed by atoms with Gasteiger partial charge in [0.05, 0.1) is 23.0 Å². The number of rotatable bonds is 5. The number of nitrogens with zero attached hydrogens (tertiary/aromatic N) is 3. The Balaban J connectivity index is 0.000000160. The Kier molecular flexibility index (Phi) is 7.75. The van der Waals surface area contributed by atoms with Crippen molar-refractivity contribution in [1.82, 2.24) is 14.4 Å². The molecule has 234 valence electrons. The van der Waals surface area contributed by atoms with Gasteiger partial charge in [0.25, 0.3) is 11.8 Å². The molecule has 7 rings (SSSR count). The maximum absolute atomic E-state index is 11.9. The molecule has 0 aliphatic carbocycles. The number of fused-ring (bicyclic) bond motifs is 1. The predicted octanol–water partition coefficient (Wildman–Crippen LogP) is 1.72. The topological polar surface area (TPSA) is 196 Å². The van der Waals surface area contributed by atoms with Gasteiger partial charge in [-0.25, -0.2) is 23.0 Å². The van der Waals surface area contributed by atoms with Gasteiger partial charge in [0.15, 0.2) is 0 Å². The number of thiazole rings is 1. The van der Waals surface area contributed by atoms with Gasteiger partial charge in [-0.1, -0.05) is 30.3 Å². The lowest BCUT2D eigenvalue weighted by atomic mass is 9.93. The molecule has 1 aromatic heterocycles. The first-order chi connectivity index (χ1) is 21.4. The molecule has 3 aromatic carbocycles. The number of carbonyl (C=O) groups excluding carboxylic acids is 2. The molecule has 4 aromatic rings. The first kappa shape index (κ1) is 30.2. The fourth-order valence-electron chi connectivity index (χ4n) is 5.13. The molecular formula is C28H25N5O9S3. The maximum atomic E-state index is 11.9. The fraction of sp³-hybridized carbons (Fsp3) is 0.179. The summed E-state index contributed by atoms with van der Waals surface area (Å²) in [5.74, 6) is -0.863. The van der Waals surface area contributed by atoms with E-state index in [4.69, 9.17) is 4.74 Å². The number of para-hydroxylation sites is 1. The second-order valence-electron chi connectivity index (χ2n) is 10.1. The molecule has 45 heavy (non-hydrogen) atoms. The molecule has 3 aliphatic rings. The summed E-state index contributed by atoms with van der Waals surface area (Å²) in [5.41, 5.74) is 2.80. The molecule has 1 atom stereocenters. The van der Waals surface area contributed by atoms with Crippen LogP contribution in [0.4, 0.5) is 11.4 Å². The number of benzene rings is 3. The summed E-state index contributed by atoms with van der Waals surface area (Å²) in [4.78, 5) is 26.7. The molecule has 4 N–H and O–H groups in total. The van der Waals surface area contributed by atoms with Crippen LogP contribution in [0.2, 0.25) is 0 Å². The third kappa shape index (κ3) is 6.09. The van der Waals surface area contributed by atoms with Crippen LogP contribution < -0.4 is 22.8 Å². The lowest BCUT2D eigenvalue weighted by molar-refractivity contribution is -0.118. The highest BCUT2D eigenvalue weighted by molar-refractivity contribution is 7.92. The monoisotopic (exact) mass is 671 g/mol. The van der Waals surface area contributed by atoms with Gasteiger partial charge in [0.2, 0.25) is 0 Å². The summed E-state index contributed by atoms with van der Waals surface area (Å²) in [6.07, 6.45) is 2.25. The number of phenols is 2. The number of aromatic hydroxyl groups is 2. The van der Waals surface area contributed by atoms with E-state index in [1.54, 1.807) is 18.3 Å². The molecular weight excluding hydrogens is 647 g/mol. The summed E-state index contributed by atoms with van der Waals surface area (Å²) in [6.45, 7) is -0.216. The number of hydrogen-bond acceptors (Lipinski definition) is 11. The van der Waals surface area contributed by atoms with Gasteiger partial charge >= 0.3 is 20.4 Å². The summed E-state index contributed by atoms with van der Waals surface area (Å²) in [5, 5.41) is 23.1. The van der Waals surface area contributed by atoms with E-state index in [-0.39, 0.29) is 41.9 Å². The zero-order chi connectivity index (χ0) is 31.9. The van der Waals surface area contributed by atoms with Crippen LogP contribution in [0.15, 0.2) is 72.2 Å². The summed E-state index contributed by atoms with van der Waals surface area (Å²) < 4.78 is 58.3. The van der Waals surface area contributed by atoms with E-state index in [0.717, 1.165) is 36.1 Å². The molecule has 0 radical (unpaired) electrons. The lowest BCUT2D eigenvalue weighted by Crippen LogP contribution is -2.29. The van der Waals surface area contributed by atoms with Crippen LogP contribution >= 0.6 is 11.3 Å². The largest absolute Gasteiger partial charge is 0.506 e. The molecule has 2 amide bonds. The molecule has 0 saturated carbocycles. The van der Waals surface area contributed by atoms with E-state index in [0.29, 0.717) is 13.0 Å². The smallest absolute Gasteiger partial charge is 0.326 e. The highest BCUT2D eigenvalue weighted by Crippen LogP contribution is 2.41. The van der Waals surface area contributed by atoms with Crippen molar-refractivity contribution in [3.63, 3.8) is 0 Å². The first-order valence-corrected chi connectivity index (χ1v) is 17.1. The minimum Gasteiger partial charge on any atom is -0.506 e. The van der Waals surface area contributed by atoms with Crippen LogP contribution in [0.1, 0.15) is 27.6 Å². The van der Waals surface area contributed by atoms with E-state index in [1.165, 1.54) is 35.6 Å². The summed E-state index contributed by atoms with van der Waals surface area (Å²) >= 11 is 1.50. The number of ether oxygens (including phenoxy) is 1. The van der Waals surface area contributed by atoms with Crippen molar-refractivity contribution in [3.05, 3.63) is 93.9 Å². The molecule has 4 heterocycles. The molecule has 14 nitrogen and oxygen atoms in total. The van der Waals surface area contributed by atoms with Crippen LogP contribution in [0.5, 0.6) is 17.2 Å². The van der Waals surface area contributed by atoms with Crippen molar-refractivity contribution >= 4 is 54.9 Å². The highest BCUT2D eigenvalue weighted by atomic mass is 32.2. The standard InChI is InChI=1S/C16H14N2O5S.C12H11N3O4S2/c19-14-7-10(12-9-23-15-4-2-1-3-11(12)15)5-6-13(14)18-8-16(20)17-24(18,21)22;16-10-5-8(6-12-13-3-4-20-12)1-2-9(10)15-7-11(17)14-21(15,18)19/h1-7,12,19H,8-9H2,(H,17,20);1-5,16H,6-7H2,(H,14,17). The van der Waals surface area contributed by atoms with E-state index in [9.17, 15) is 36.6 Å². The Bertz CT molecular complexity index is 2020. The predicted molar refractivity (Wildman–Crippen MR) is 164 cm³/mol. The number of nitrogens with one attached hydrogen (secondary N) is 2. The van der Waals surface area contributed by atoms with Crippen molar-refractivity contribution in [1.29, 1.82) is 0 Å². The number of hydrogen-bond donors (Lipinski definition) is 4. The van der Waals surface area contributed by atoms with Crippen molar-refractivity contribution in [2.45, 2.75) is 12.3 Å². The number of phenolic OH excluding ortho intramolecular Hbond substituents is 2. The molecule has 2 fully saturated rings. The third-order valence-electron chi connectivity index (χ3n) is 7.16. The molecule has 17 heteroatoms. The van der Waals surface area contributed by atoms with Crippen LogP contribution in [-0.2, 0) is 36.4 Å². The Labute approximate surface area is 261 Å². The van der Waals surface area contributed by atoms with E-state index in [1.807, 2.05) is 39.1 Å². The van der Waals surface area contributed by atoms with Crippen LogP contribution in [-0.4, -0.2) is 63.5 Å². The maximum Gasteiger partial charge on any atom is 0.326 e. The number of anilines is 2. The average molecular weight is 672 g/mol. The first-order valence-electron chi connectivity index (χ1n) is 13.3. The van der Waals surface area contributed by atoms with Crippen molar-refractivity contribution in [3.8, 4) is 17.2 Å². The van der Waals surface area contributed by atoms with E-state index < -0.39 is 32.2 Å². The third-order valence-corrected chi connectivity index (χ3v) is 10.7. The van der Waals surface area contributed by atoms with Crippen LogP contribution in [0.25, 0.3) is 0 Å². The Hall–Kier alpha value is -4.87. The SMILES string of the molecule is O=C1CN(c2ccc(C3COc4ccccc43)cc2O)S(=O)(=O)N1.O=C1CN(c2ccc(Cc3nccs3)cc2O)S(=O)(=O)N1. The minimum absolute atomic E-state index is 0.0314. The van der Waals surface area contributed by atoms with E-state index in [2.05, 4.69) is 4.98 Å². The summed E-state index contributed by atoms with van der Waals surface area (Å²) in [7, 11) is -7.85. The molecule has 1 unspecified atom stereocenters. The number of carbonyl (C=O) groups is 2. The van der Waals surface area contributed by atoms with Gasteiger partial charge in [0.1, 0.15) is 30.3 Å². The normalized spacial score (nSPS) is 19.2. The van der Waals surface area contributed by atoms with Gasteiger partial charge in [0, 0.05) is 29.5 Å². The molecule has 0 spiro atoms. The zero-order valence-electron chi connectivity index (χ0n) is 23.2. The minimum atomic E-state index is -3.94. The lowest BCUT2D eigenvalue weighted by Gasteiger charge is -2.18. The van der Waals surface area contributed by atoms with Crippen molar-refractivity contribution in [2.24, 2.45) is 0 Å². The molecule has 3 aliphatic heterocycles. The van der Waals surface area contributed by atoms with Gasteiger partial charge < -0.3 is 14.9 Å². The number of amides is 2. The number of aromatic nitrogens is 1. The fourth-order valence-corrected chi connectivity index (χ4v) is 8.11. The van der Waals surface area contributed by atoms with Gasteiger partial charge in [-0.2, -0.15) is 16.8 Å². The summed E-state index contributed by atoms with van der Waals surface area (Å²) in [6, 6.07) is 17.1. The second kappa shape index (κ2) is 11.6.